The average molecular weight is 291 g/mol. The SMILES string of the molecule is CC(NC(=O)CCc1ccccc1N)C(C)(C)CN(C)C. The molecular weight excluding hydrogens is 262 g/mol. The second-order valence-corrected chi connectivity index (χ2v) is 6.71. The Bertz CT molecular complexity index is 469. The molecular formula is C17H29N3O. The van der Waals surface area contributed by atoms with Gasteiger partial charge < -0.3 is 16.0 Å². The number of aryl methyl sites for hydroxylation is 1. The van der Waals surface area contributed by atoms with Crippen LogP contribution in [0.1, 0.15) is 32.8 Å². The van der Waals surface area contributed by atoms with Gasteiger partial charge in [0.25, 0.3) is 0 Å². The number of hydrogen-bond donors (Lipinski definition) is 2. The monoisotopic (exact) mass is 291 g/mol. The number of hydrogen-bond acceptors (Lipinski definition) is 3. The molecule has 0 fully saturated rings. The Morgan fingerprint density at radius 1 is 1.33 bits per heavy atom. The van der Waals surface area contributed by atoms with E-state index < -0.39 is 0 Å². The van der Waals surface area contributed by atoms with Crippen LogP contribution in [0.5, 0.6) is 0 Å². The summed E-state index contributed by atoms with van der Waals surface area (Å²) in [5.41, 5.74) is 7.72. The molecule has 3 N–H and O–H groups in total. The Kier molecular flexibility index (Phi) is 6.21. The Morgan fingerprint density at radius 2 is 1.95 bits per heavy atom. The molecule has 0 bridgehead atoms. The second-order valence-electron chi connectivity index (χ2n) is 6.71. The highest BCUT2D eigenvalue weighted by molar-refractivity contribution is 5.76. The molecule has 1 amide bonds. The zero-order valence-corrected chi connectivity index (χ0v) is 13.9. The first-order valence-electron chi connectivity index (χ1n) is 7.50. The number of amides is 1. The first-order chi connectivity index (χ1) is 9.72. The van der Waals surface area contributed by atoms with Crippen LogP contribution in [0.3, 0.4) is 0 Å². The lowest BCUT2D eigenvalue weighted by Gasteiger charge is -2.34. The molecule has 0 saturated carbocycles. The van der Waals surface area contributed by atoms with Crippen molar-refractivity contribution in [2.75, 3.05) is 26.4 Å². The molecule has 0 radical (unpaired) electrons. The summed E-state index contributed by atoms with van der Waals surface area (Å²) in [5.74, 6) is 0.0811. The number of rotatable bonds is 7. The number of anilines is 1. The maximum Gasteiger partial charge on any atom is 0.220 e. The van der Waals surface area contributed by atoms with Crippen LogP contribution < -0.4 is 11.1 Å². The van der Waals surface area contributed by atoms with E-state index in [9.17, 15) is 4.79 Å². The molecule has 1 aromatic rings. The highest BCUT2D eigenvalue weighted by Crippen LogP contribution is 2.21. The average Bonchev–Trinajstić information content (AvgIpc) is 2.36. The van der Waals surface area contributed by atoms with E-state index in [-0.39, 0.29) is 17.4 Å². The summed E-state index contributed by atoms with van der Waals surface area (Å²) in [6.07, 6.45) is 1.15. The van der Waals surface area contributed by atoms with Crippen molar-refractivity contribution in [1.82, 2.24) is 10.2 Å². The Balaban J connectivity index is 2.48. The van der Waals surface area contributed by atoms with Crippen LogP contribution in [0.15, 0.2) is 24.3 Å². The van der Waals surface area contributed by atoms with Crippen LogP contribution in [0.25, 0.3) is 0 Å². The van der Waals surface area contributed by atoms with Gasteiger partial charge in [0.1, 0.15) is 0 Å². The first kappa shape index (κ1) is 17.5. The molecule has 0 aliphatic heterocycles. The van der Waals surface area contributed by atoms with E-state index in [0.717, 1.165) is 17.8 Å². The number of nitrogens with one attached hydrogen (secondary N) is 1. The van der Waals surface area contributed by atoms with Crippen molar-refractivity contribution in [3.8, 4) is 0 Å². The minimum atomic E-state index is 0.0327. The minimum absolute atomic E-state index is 0.0327. The van der Waals surface area contributed by atoms with Gasteiger partial charge in [-0.2, -0.15) is 0 Å². The van der Waals surface area contributed by atoms with Crippen molar-refractivity contribution in [3.63, 3.8) is 0 Å². The molecule has 0 heterocycles. The fraction of sp³-hybridized carbons (Fsp3) is 0.588. The molecule has 0 saturated heterocycles. The van der Waals surface area contributed by atoms with Crippen LogP contribution in [0, 0.1) is 5.41 Å². The van der Waals surface area contributed by atoms with E-state index in [1.807, 2.05) is 24.3 Å². The molecule has 0 aliphatic carbocycles. The standard InChI is InChI=1S/C17H29N3O/c1-13(17(2,3)12-20(4)5)19-16(21)11-10-14-8-6-7-9-15(14)18/h6-9,13H,10-12,18H2,1-5H3,(H,19,21). The van der Waals surface area contributed by atoms with Gasteiger partial charge in [-0.15, -0.1) is 0 Å². The predicted molar refractivity (Wildman–Crippen MR) is 89.1 cm³/mol. The highest BCUT2D eigenvalue weighted by atomic mass is 16.1. The number of carbonyl (C=O) groups is 1. The van der Waals surface area contributed by atoms with Crippen LogP contribution in [-0.4, -0.2) is 37.5 Å². The van der Waals surface area contributed by atoms with Gasteiger partial charge in [0.2, 0.25) is 5.91 Å². The quantitative estimate of drug-likeness (QED) is 0.758. The number of carbonyl (C=O) groups excluding carboxylic acids is 1. The van der Waals surface area contributed by atoms with Gasteiger partial charge in [-0.3, -0.25) is 4.79 Å². The molecule has 4 heteroatoms. The topological polar surface area (TPSA) is 58.4 Å². The normalized spacial score (nSPS) is 13.2. The summed E-state index contributed by atoms with van der Waals surface area (Å²) >= 11 is 0. The van der Waals surface area contributed by atoms with Crippen molar-refractivity contribution in [3.05, 3.63) is 29.8 Å². The number of para-hydroxylation sites is 1. The summed E-state index contributed by atoms with van der Waals surface area (Å²) in [5, 5.41) is 3.11. The van der Waals surface area contributed by atoms with Gasteiger partial charge in [0, 0.05) is 24.7 Å². The highest BCUT2D eigenvalue weighted by Gasteiger charge is 2.27. The number of benzene rings is 1. The largest absolute Gasteiger partial charge is 0.399 e. The van der Waals surface area contributed by atoms with E-state index in [0.29, 0.717) is 12.8 Å². The predicted octanol–water partition coefficient (Wildman–Crippen LogP) is 2.29. The Morgan fingerprint density at radius 3 is 2.52 bits per heavy atom. The Hall–Kier alpha value is -1.55. The number of nitrogens with zero attached hydrogens (tertiary/aromatic N) is 1. The van der Waals surface area contributed by atoms with Crippen LogP contribution in [0.4, 0.5) is 5.69 Å². The van der Waals surface area contributed by atoms with Gasteiger partial charge in [-0.05, 0) is 44.5 Å². The molecule has 118 valence electrons. The van der Waals surface area contributed by atoms with Crippen molar-refractivity contribution in [2.45, 2.75) is 39.7 Å². The van der Waals surface area contributed by atoms with Crippen molar-refractivity contribution < 1.29 is 4.79 Å². The molecule has 1 rings (SSSR count). The lowest BCUT2D eigenvalue weighted by atomic mass is 9.85. The Labute approximate surface area is 128 Å². The number of nitrogens with two attached hydrogens (primary N) is 1. The molecule has 0 aromatic heterocycles. The first-order valence-corrected chi connectivity index (χ1v) is 7.50. The molecule has 1 aromatic carbocycles. The molecule has 21 heavy (non-hydrogen) atoms. The minimum Gasteiger partial charge on any atom is -0.399 e. The van der Waals surface area contributed by atoms with E-state index in [4.69, 9.17) is 5.73 Å². The summed E-state index contributed by atoms with van der Waals surface area (Å²) in [4.78, 5) is 14.3. The van der Waals surface area contributed by atoms with Gasteiger partial charge in [-0.25, -0.2) is 0 Å². The van der Waals surface area contributed by atoms with Crippen LogP contribution in [0.2, 0.25) is 0 Å². The third-order valence-corrected chi connectivity index (χ3v) is 3.95. The third kappa shape index (κ3) is 5.76. The zero-order valence-electron chi connectivity index (χ0n) is 13.9. The summed E-state index contributed by atoms with van der Waals surface area (Å²) in [7, 11) is 4.10. The van der Waals surface area contributed by atoms with Gasteiger partial charge in [-0.1, -0.05) is 32.0 Å². The molecule has 1 unspecified atom stereocenters. The fourth-order valence-electron chi connectivity index (χ4n) is 2.47. The van der Waals surface area contributed by atoms with E-state index in [1.54, 1.807) is 0 Å². The van der Waals surface area contributed by atoms with Crippen molar-refractivity contribution in [2.24, 2.45) is 5.41 Å². The van der Waals surface area contributed by atoms with Gasteiger partial charge in [0.15, 0.2) is 0 Å². The van der Waals surface area contributed by atoms with Crippen molar-refractivity contribution in [1.29, 1.82) is 0 Å². The van der Waals surface area contributed by atoms with Crippen LogP contribution >= 0.6 is 0 Å². The van der Waals surface area contributed by atoms with Gasteiger partial charge in [0.05, 0.1) is 0 Å². The third-order valence-electron chi connectivity index (χ3n) is 3.95. The van der Waals surface area contributed by atoms with Gasteiger partial charge >= 0.3 is 0 Å². The zero-order chi connectivity index (χ0) is 16.0. The maximum atomic E-state index is 12.1. The molecule has 1 atom stereocenters. The number of nitrogen functional groups attached to an aromatic ring is 1. The fourth-order valence-corrected chi connectivity index (χ4v) is 2.47. The summed E-state index contributed by atoms with van der Waals surface area (Å²) in [6, 6.07) is 7.83. The van der Waals surface area contributed by atoms with E-state index in [2.05, 4.69) is 45.1 Å². The van der Waals surface area contributed by atoms with Crippen molar-refractivity contribution >= 4 is 11.6 Å². The lowest BCUT2D eigenvalue weighted by Crippen LogP contribution is -2.47. The summed E-state index contributed by atoms with van der Waals surface area (Å²) < 4.78 is 0. The van der Waals surface area contributed by atoms with Crippen LogP contribution in [-0.2, 0) is 11.2 Å². The van der Waals surface area contributed by atoms with E-state index >= 15 is 0 Å². The maximum absolute atomic E-state index is 12.1. The molecule has 0 aliphatic rings. The lowest BCUT2D eigenvalue weighted by molar-refractivity contribution is -0.122. The molecule has 0 spiro atoms. The molecule has 4 nitrogen and oxygen atoms in total. The second kappa shape index (κ2) is 7.46. The van der Waals surface area contributed by atoms with E-state index in [1.165, 1.54) is 0 Å². The smallest absolute Gasteiger partial charge is 0.220 e. The summed E-state index contributed by atoms with van der Waals surface area (Å²) in [6.45, 7) is 7.35.